The number of rotatable bonds is 3. The summed E-state index contributed by atoms with van der Waals surface area (Å²) in [5.74, 6) is 2.06. The SMILES string of the molecule is CC(C)C(C)N(C)C(=N)C1CC1. The van der Waals surface area contributed by atoms with Gasteiger partial charge in [0.25, 0.3) is 0 Å². The average molecular weight is 168 g/mol. The molecule has 2 heteroatoms. The predicted octanol–water partition coefficient (Wildman–Crippen LogP) is 2.35. The fourth-order valence-corrected chi connectivity index (χ4v) is 1.31. The van der Waals surface area contributed by atoms with Crippen LogP contribution < -0.4 is 0 Å². The molecule has 1 fully saturated rings. The Bertz CT molecular complexity index is 171. The van der Waals surface area contributed by atoms with Crippen molar-refractivity contribution >= 4 is 5.84 Å². The molecule has 0 spiro atoms. The molecule has 0 aromatic heterocycles. The van der Waals surface area contributed by atoms with Crippen LogP contribution in [0.1, 0.15) is 33.6 Å². The molecule has 12 heavy (non-hydrogen) atoms. The van der Waals surface area contributed by atoms with Crippen LogP contribution >= 0.6 is 0 Å². The lowest BCUT2D eigenvalue weighted by molar-refractivity contribution is 0.301. The van der Waals surface area contributed by atoms with Crippen molar-refractivity contribution in [2.24, 2.45) is 11.8 Å². The first-order valence-electron chi connectivity index (χ1n) is 4.85. The molecule has 1 rings (SSSR count). The second kappa shape index (κ2) is 3.46. The monoisotopic (exact) mass is 168 g/mol. The first kappa shape index (κ1) is 9.56. The molecule has 0 aromatic carbocycles. The highest BCUT2D eigenvalue weighted by molar-refractivity contribution is 5.83. The first-order chi connectivity index (χ1) is 5.54. The number of amidine groups is 1. The van der Waals surface area contributed by atoms with Gasteiger partial charge < -0.3 is 4.90 Å². The Hall–Kier alpha value is -0.530. The lowest BCUT2D eigenvalue weighted by Crippen LogP contribution is -2.38. The molecule has 0 aliphatic heterocycles. The summed E-state index contributed by atoms with van der Waals surface area (Å²) in [7, 11) is 2.05. The van der Waals surface area contributed by atoms with Crippen LogP contribution in [-0.4, -0.2) is 23.8 Å². The quantitative estimate of drug-likeness (QED) is 0.508. The molecule has 1 saturated carbocycles. The van der Waals surface area contributed by atoms with Crippen LogP contribution in [-0.2, 0) is 0 Å². The molecule has 0 amide bonds. The number of hydrogen-bond acceptors (Lipinski definition) is 1. The largest absolute Gasteiger partial charge is 0.360 e. The third-order valence-corrected chi connectivity index (χ3v) is 2.92. The zero-order chi connectivity index (χ0) is 9.30. The lowest BCUT2D eigenvalue weighted by atomic mass is 10.0. The molecule has 0 radical (unpaired) electrons. The third-order valence-electron chi connectivity index (χ3n) is 2.92. The molecule has 70 valence electrons. The minimum atomic E-state index is 0.498. The summed E-state index contributed by atoms with van der Waals surface area (Å²) in [5, 5.41) is 7.86. The summed E-state index contributed by atoms with van der Waals surface area (Å²) < 4.78 is 0. The first-order valence-corrected chi connectivity index (χ1v) is 4.85. The van der Waals surface area contributed by atoms with Gasteiger partial charge in [0.15, 0.2) is 0 Å². The van der Waals surface area contributed by atoms with E-state index < -0.39 is 0 Å². The number of nitrogens with zero attached hydrogens (tertiary/aromatic N) is 1. The standard InChI is InChI=1S/C10H20N2/c1-7(2)8(3)12(4)10(11)9-5-6-9/h7-9,11H,5-6H2,1-4H3. The van der Waals surface area contributed by atoms with Gasteiger partial charge in [-0.2, -0.15) is 0 Å². The molecule has 1 atom stereocenters. The maximum Gasteiger partial charge on any atom is 0.0989 e. The van der Waals surface area contributed by atoms with Gasteiger partial charge in [0.05, 0.1) is 5.84 Å². The van der Waals surface area contributed by atoms with E-state index in [1.54, 1.807) is 0 Å². The Morgan fingerprint density at radius 2 is 1.83 bits per heavy atom. The molecule has 0 bridgehead atoms. The molecule has 2 nitrogen and oxygen atoms in total. The molecule has 1 aliphatic carbocycles. The smallest absolute Gasteiger partial charge is 0.0989 e. The van der Waals surface area contributed by atoms with Crippen LogP contribution in [0.5, 0.6) is 0 Å². The van der Waals surface area contributed by atoms with Gasteiger partial charge in [0, 0.05) is 19.0 Å². The summed E-state index contributed by atoms with van der Waals surface area (Å²) in [6.45, 7) is 6.62. The van der Waals surface area contributed by atoms with Crippen LogP contribution in [0, 0.1) is 17.2 Å². The lowest BCUT2D eigenvalue weighted by Gasteiger charge is -2.30. The second-order valence-electron chi connectivity index (χ2n) is 4.26. The van der Waals surface area contributed by atoms with Crippen molar-refractivity contribution in [1.82, 2.24) is 4.90 Å². The highest BCUT2D eigenvalue weighted by atomic mass is 15.2. The van der Waals surface area contributed by atoms with Gasteiger partial charge in [-0.1, -0.05) is 13.8 Å². The molecule has 0 saturated heterocycles. The van der Waals surface area contributed by atoms with E-state index in [0.29, 0.717) is 17.9 Å². The van der Waals surface area contributed by atoms with Gasteiger partial charge in [-0.3, -0.25) is 5.41 Å². The molecule has 0 aromatic rings. The zero-order valence-electron chi connectivity index (χ0n) is 8.59. The van der Waals surface area contributed by atoms with Crippen LogP contribution in [0.15, 0.2) is 0 Å². The van der Waals surface area contributed by atoms with Crippen LogP contribution in [0.4, 0.5) is 0 Å². The van der Waals surface area contributed by atoms with Gasteiger partial charge in [0.2, 0.25) is 0 Å². The molecule has 0 heterocycles. The molecular weight excluding hydrogens is 148 g/mol. The Morgan fingerprint density at radius 1 is 1.33 bits per heavy atom. The van der Waals surface area contributed by atoms with E-state index in [-0.39, 0.29) is 0 Å². The van der Waals surface area contributed by atoms with Crippen LogP contribution in [0.2, 0.25) is 0 Å². The van der Waals surface area contributed by atoms with Crippen molar-refractivity contribution in [3.05, 3.63) is 0 Å². The van der Waals surface area contributed by atoms with Crippen molar-refractivity contribution < 1.29 is 0 Å². The van der Waals surface area contributed by atoms with E-state index in [0.717, 1.165) is 5.84 Å². The summed E-state index contributed by atoms with van der Waals surface area (Å²) >= 11 is 0. The maximum atomic E-state index is 7.86. The molecular formula is C10H20N2. The Balaban J connectivity index is 2.44. The van der Waals surface area contributed by atoms with Crippen molar-refractivity contribution in [2.75, 3.05) is 7.05 Å². The summed E-state index contributed by atoms with van der Waals surface area (Å²) in [5.41, 5.74) is 0. The Kier molecular flexibility index (Phi) is 2.76. The van der Waals surface area contributed by atoms with E-state index in [9.17, 15) is 0 Å². The Morgan fingerprint density at radius 3 is 2.17 bits per heavy atom. The minimum Gasteiger partial charge on any atom is -0.360 e. The zero-order valence-corrected chi connectivity index (χ0v) is 8.59. The van der Waals surface area contributed by atoms with E-state index in [4.69, 9.17) is 5.41 Å². The predicted molar refractivity (Wildman–Crippen MR) is 52.5 cm³/mol. The second-order valence-corrected chi connectivity index (χ2v) is 4.26. The van der Waals surface area contributed by atoms with Crippen molar-refractivity contribution in [1.29, 1.82) is 5.41 Å². The van der Waals surface area contributed by atoms with Crippen LogP contribution in [0.25, 0.3) is 0 Å². The summed E-state index contributed by atoms with van der Waals surface area (Å²) in [6.07, 6.45) is 2.46. The molecule has 1 aliphatic rings. The van der Waals surface area contributed by atoms with E-state index >= 15 is 0 Å². The van der Waals surface area contributed by atoms with E-state index in [1.807, 2.05) is 7.05 Å². The summed E-state index contributed by atoms with van der Waals surface area (Å²) in [6, 6.07) is 0.498. The topological polar surface area (TPSA) is 27.1 Å². The van der Waals surface area contributed by atoms with Gasteiger partial charge in [0.1, 0.15) is 0 Å². The van der Waals surface area contributed by atoms with Gasteiger partial charge in [-0.15, -0.1) is 0 Å². The van der Waals surface area contributed by atoms with Crippen molar-refractivity contribution in [3.8, 4) is 0 Å². The minimum absolute atomic E-state index is 0.498. The average Bonchev–Trinajstić information content (AvgIpc) is 2.82. The highest BCUT2D eigenvalue weighted by Gasteiger charge is 2.30. The fourth-order valence-electron chi connectivity index (χ4n) is 1.31. The van der Waals surface area contributed by atoms with E-state index in [2.05, 4.69) is 25.7 Å². The Labute approximate surface area is 75.5 Å². The molecule has 1 N–H and O–H groups in total. The normalized spacial score (nSPS) is 19.4. The van der Waals surface area contributed by atoms with E-state index in [1.165, 1.54) is 12.8 Å². The summed E-state index contributed by atoms with van der Waals surface area (Å²) in [4.78, 5) is 2.13. The molecule has 1 unspecified atom stereocenters. The van der Waals surface area contributed by atoms with Gasteiger partial charge in [-0.05, 0) is 25.7 Å². The fraction of sp³-hybridized carbons (Fsp3) is 0.900. The van der Waals surface area contributed by atoms with Crippen LogP contribution in [0.3, 0.4) is 0 Å². The maximum absolute atomic E-state index is 7.86. The number of hydrogen-bond donors (Lipinski definition) is 1. The highest BCUT2D eigenvalue weighted by Crippen LogP contribution is 2.31. The van der Waals surface area contributed by atoms with Crippen molar-refractivity contribution in [2.45, 2.75) is 39.7 Å². The third kappa shape index (κ3) is 1.99. The van der Waals surface area contributed by atoms with Crippen molar-refractivity contribution in [3.63, 3.8) is 0 Å². The van der Waals surface area contributed by atoms with Gasteiger partial charge >= 0.3 is 0 Å². The van der Waals surface area contributed by atoms with Gasteiger partial charge in [-0.25, -0.2) is 0 Å². The number of nitrogens with one attached hydrogen (secondary N) is 1.